The maximum Gasteiger partial charge on any atom is 0.343 e. The van der Waals surface area contributed by atoms with Crippen molar-refractivity contribution in [1.29, 1.82) is 0 Å². The van der Waals surface area contributed by atoms with Crippen molar-refractivity contribution < 1.29 is 24.9 Å². The standard InChI is InChI=1S/C5H8O5/c1-4(7)3(6)10-2-5(4,8)9/h7-9H,2H2,1H3/t4-/m1/s1. The van der Waals surface area contributed by atoms with Gasteiger partial charge < -0.3 is 20.1 Å². The minimum absolute atomic E-state index is 0.584. The van der Waals surface area contributed by atoms with Gasteiger partial charge in [0.15, 0.2) is 0 Å². The van der Waals surface area contributed by atoms with Gasteiger partial charge in [-0.05, 0) is 6.92 Å². The molecule has 0 radical (unpaired) electrons. The first-order valence-corrected chi connectivity index (χ1v) is 2.72. The fraction of sp³-hybridized carbons (Fsp3) is 0.800. The van der Waals surface area contributed by atoms with Gasteiger partial charge in [-0.2, -0.15) is 0 Å². The molecule has 5 nitrogen and oxygen atoms in total. The van der Waals surface area contributed by atoms with Crippen LogP contribution in [0.25, 0.3) is 0 Å². The molecule has 1 aliphatic rings. The van der Waals surface area contributed by atoms with Gasteiger partial charge in [-0.1, -0.05) is 0 Å². The topological polar surface area (TPSA) is 87.0 Å². The van der Waals surface area contributed by atoms with Crippen molar-refractivity contribution in [2.24, 2.45) is 0 Å². The summed E-state index contributed by atoms with van der Waals surface area (Å²) in [6, 6.07) is 0. The van der Waals surface area contributed by atoms with Crippen molar-refractivity contribution in [2.75, 3.05) is 6.61 Å². The number of carbonyl (C=O) groups is 1. The zero-order valence-electron chi connectivity index (χ0n) is 5.37. The first kappa shape index (κ1) is 7.46. The Balaban J connectivity index is 2.95. The van der Waals surface area contributed by atoms with E-state index < -0.39 is 24.0 Å². The van der Waals surface area contributed by atoms with Crippen LogP contribution in [0.1, 0.15) is 6.92 Å². The lowest BCUT2D eigenvalue weighted by Gasteiger charge is -2.23. The quantitative estimate of drug-likeness (QED) is 0.272. The summed E-state index contributed by atoms with van der Waals surface area (Å²) in [4.78, 5) is 10.5. The predicted molar refractivity (Wildman–Crippen MR) is 28.8 cm³/mol. The molecular weight excluding hydrogens is 140 g/mol. The number of esters is 1. The highest BCUT2D eigenvalue weighted by atomic mass is 16.6. The Labute approximate surface area is 56.9 Å². The lowest BCUT2D eigenvalue weighted by Crippen LogP contribution is -2.52. The summed E-state index contributed by atoms with van der Waals surface area (Å²) in [5.74, 6) is -3.47. The molecule has 1 aliphatic heterocycles. The fourth-order valence-corrected chi connectivity index (χ4v) is 0.611. The molecule has 0 spiro atoms. The van der Waals surface area contributed by atoms with Crippen LogP contribution in [0.2, 0.25) is 0 Å². The van der Waals surface area contributed by atoms with Gasteiger partial charge in [0, 0.05) is 0 Å². The van der Waals surface area contributed by atoms with E-state index >= 15 is 0 Å². The van der Waals surface area contributed by atoms with Gasteiger partial charge in [0.1, 0.15) is 6.61 Å². The zero-order chi connectivity index (χ0) is 7.99. The molecule has 3 N–H and O–H groups in total. The minimum Gasteiger partial charge on any atom is -0.458 e. The highest BCUT2D eigenvalue weighted by molar-refractivity contribution is 5.82. The number of hydrogen-bond acceptors (Lipinski definition) is 5. The number of rotatable bonds is 0. The lowest BCUT2D eigenvalue weighted by atomic mass is 9.99. The van der Waals surface area contributed by atoms with E-state index in [-0.39, 0.29) is 0 Å². The second-order valence-electron chi connectivity index (χ2n) is 2.46. The number of cyclic esters (lactones) is 1. The van der Waals surface area contributed by atoms with E-state index in [1.54, 1.807) is 0 Å². The lowest BCUT2D eigenvalue weighted by molar-refractivity contribution is -0.239. The van der Waals surface area contributed by atoms with Crippen LogP contribution in [0.3, 0.4) is 0 Å². The molecule has 0 aromatic heterocycles. The van der Waals surface area contributed by atoms with E-state index in [0.717, 1.165) is 6.92 Å². The number of ether oxygens (including phenoxy) is 1. The first-order valence-electron chi connectivity index (χ1n) is 2.72. The van der Waals surface area contributed by atoms with Crippen LogP contribution in [0.5, 0.6) is 0 Å². The average Bonchev–Trinajstić information content (AvgIpc) is 1.94. The van der Waals surface area contributed by atoms with Crippen LogP contribution in [-0.2, 0) is 9.53 Å². The van der Waals surface area contributed by atoms with Gasteiger partial charge in [0.05, 0.1) is 0 Å². The monoisotopic (exact) mass is 148 g/mol. The van der Waals surface area contributed by atoms with Gasteiger partial charge in [-0.3, -0.25) is 0 Å². The molecule has 0 unspecified atom stereocenters. The number of carbonyl (C=O) groups excluding carboxylic acids is 1. The summed E-state index contributed by atoms with van der Waals surface area (Å²) in [7, 11) is 0. The Hall–Kier alpha value is -0.650. The molecule has 1 rings (SSSR count). The Bertz CT molecular complexity index is 171. The maximum absolute atomic E-state index is 10.5. The van der Waals surface area contributed by atoms with Crippen LogP contribution in [0.4, 0.5) is 0 Å². The summed E-state index contributed by atoms with van der Waals surface area (Å²) in [5, 5.41) is 26.7. The largest absolute Gasteiger partial charge is 0.458 e. The third-order valence-corrected chi connectivity index (χ3v) is 1.58. The summed E-state index contributed by atoms with van der Waals surface area (Å²) < 4.78 is 4.19. The van der Waals surface area contributed by atoms with E-state index in [9.17, 15) is 4.79 Å². The predicted octanol–water partition coefficient (Wildman–Crippen LogP) is -2.02. The van der Waals surface area contributed by atoms with Crippen LogP contribution in [-0.4, -0.2) is 39.3 Å². The molecule has 1 atom stereocenters. The smallest absolute Gasteiger partial charge is 0.343 e. The fourth-order valence-electron chi connectivity index (χ4n) is 0.611. The van der Waals surface area contributed by atoms with Crippen molar-refractivity contribution in [3.63, 3.8) is 0 Å². The minimum atomic E-state index is -2.45. The van der Waals surface area contributed by atoms with Crippen LogP contribution >= 0.6 is 0 Å². The van der Waals surface area contributed by atoms with Crippen LogP contribution < -0.4 is 0 Å². The molecule has 0 aromatic rings. The molecule has 1 saturated heterocycles. The van der Waals surface area contributed by atoms with E-state index in [0.29, 0.717) is 0 Å². The van der Waals surface area contributed by atoms with Gasteiger partial charge in [0.2, 0.25) is 11.4 Å². The SMILES string of the molecule is C[C@@]1(O)C(=O)OCC1(O)O. The normalized spacial score (nSPS) is 37.8. The third-order valence-electron chi connectivity index (χ3n) is 1.58. The molecule has 1 heterocycles. The Morgan fingerprint density at radius 3 is 2.10 bits per heavy atom. The molecule has 5 heteroatoms. The second-order valence-corrected chi connectivity index (χ2v) is 2.46. The van der Waals surface area contributed by atoms with Gasteiger partial charge in [-0.25, -0.2) is 4.79 Å². The van der Waals surface area contributed by atoms with Crippen molar-refractivity contribution in [1.82, 2.24) is 0 Å². The van der Waals surface area contributed by atoms with Crippen molar-refractivity contribution in [3.05, 3.63) is 0 Å². The first-order chi connectivity index (χ1) is 4.38. The maximum atomic E-state index is 10.5. The number of aliphatic hydroxyl groups is 3. The van der Waals surface area contributed by atoms with E-state index in [1.807, 2.05) is 0 Å². The van der Waals surface area contributed by atoms with Crippen molar-refractivity contribution in [2.45, 2.75) is 18.3 Å². The third kappa shape index (κ3) is 0.716. The molecular formula is C5H8O5. The van der Waals surface area contributed by atoms with Crippen molar-refractivity contribution in [3.8, 4) is 0 Å². The van der Waals surface area contributed by atoms with Crippen LogP contribution in [0, 0.1) is 0 Å². The Kier molecular flexibility index (Phi) is 1.26. The highest BCUT2D eigenvalue weighted by Crippen LogP contribution is 2.27. The summed E-state index contributed by atoms with van der Waals surface area (Å²) in [5.41, 5.74) is -2.20. The molecule has 0 bridgehead atoms. The molecule has 0 amide bonds. The molecule has 0 saturated carbocycles. The van der Waals surface area contributed by atoms with Gasteiger partial charge >= 0.3 is 5.97 Å². The van der Waals surface area contributed by atoms with E-state index in [2.05, 4.69) is 4.74 Å². The van der Waals surface area contributed by atoms with E-state index in [1.165, 1.54) is 0 Å². The second kappa shape index (κ2) is 1.69. The molecule has 0 aromatic carbocycles. The van der Waals surface area contributed by atoms with Gasteiger partial charge in [-0.15, -0.1) is 0 Å². The molecule has 58 valence electrons. The summed E-state index contributed by atoms with van der Waals surface area (Å²) in [6.45, 7) is 0.404. The van der Waals surface area contributed by atoms with Gasteiger partial charge in [0.25, 0.3) is 0 Å². The molecule has 10 heavy (non-hydrogen) atoms. The Morgan fingerprint density at radius 1 is 1.50 bits per heavy atom. The summed E-state index contributed by atoms with van der Waals surface area (Å²) >= 11 is 0. The average molecular weight is 148 g/mol. The molecule has 1 fully saturated rings. The van der Waals surface area contributed by atoms with Crippen LogP contribution in [0.15, 0.2) is 0 Å². The Morgan fingerprint density at radius 2 is 2.00 bits per heavy atom. The number of hydrogen-bond donors (Lipinski definition) is 3. The molecule has 0 aliphatic carbocycles. The summed E-state index contributed by atoms with van der Waals surface area (Å²) in [6.07, 6.45) is 0. The highest BCUT2D eigenvalue weighted by Gasteiger charge is 2.58. The zero-order valence-corrected chi connectivity index (χ0v) is 5.37. The van der Waals surface area contributed by atoms with E-state index in [4.69, 9.17) is 15.3 Å². The van der Waals surface area contributed by atoms with Crippen molar-refractivity contribution >= 4 is 5.97 Å².